The summed E-state index contributed by atoms with van der Waals surface area (Å²) in [4.78, 5) is 0. The lowest BCUT2D eigenvalue weighted by Crippen LogP contribution is -2.16. The number of hydrogen-bond acceptors (Lipinski definition) is 2. The zero-order chi connectivity index (χ0) is 13.6. The molecule has 1 aliphatic rings. The molecule has 1 saturated heterocycles. The summed E-state index contributed by atoms with van der Waals surface area (Å²) in [5.74, 6) is 0.959. The Morgan fingerprint density at radius 3 is 2.95 bits per heavy atom. The molecule has 2 nitrogen and oxygen atoms in total. The highest BCUT2D eigenvalue weighted by Crippen LogP contribution is 2.27. The van der Waals surface area contributed by atoms with Crippen LogP contribution in [0.5, 0.6) is 5.75 Å². The lowest BCUT2D eigenvalue weighted by Gasteiger charge is -2.10. The predicted molar refractivity (Wildman–Crippen MR) is 78.7 cm³/mol. The molecule has 0 spiro atoms. The zero-order valence-electron chi connectivity index (χ0n) is 11.9. The van der Waals surface area contributed by atoms with Crippen LogP contribution >= 0.6 is 0 Å². The summed E-state index contributed by atoms with van der Waals surface area (Å²) in [5, 5.41) is 0. The van der Waals surface area contributed by atoms with Gasteiger partial charge in [0.25, 0.3) is 0 Å². The number of allylic oxidation sites excluding steroid dienone is 1. The molecule has 0 N–H and O–H groups in total. The summed E-state index contributed by atoms with van der Waals surface area (Å²) in [5.41, 5.74) is 1.32. The number of rotatable bonds is 9. The van der Waals surface area contributed by atoms with Crippen LogP contribution in [0.4, 0.5) is 0 Å². The van der Waals surface area contributed by atoms with Gasteiger partial charge in [0.1, 0.15) is 18.0 Å². The molecule has 0 amide bonds. The first-order valence-electron chi connectivity index (χ1n) is 7.18. The lowest BCUT2D eigenvalue weighted by molar-refractivity contribution is 0.202. The smallest absolute Gasteiger partial charge is 0.123 e. The summed E-state index contributed by atoms with van der Waals surface area (Å²) in [6.45, 7) is 7.29. The lowest BCUT2D eigenvalue weighted by atomic mass is 10.1. The standard InChI is InChI=1S/C17H24O2/c1-3-4-5-6-7-9-15-10-8-11-16(12-15)18-13-17(2)14-19-17/h3,8,10-12H,1,4-7,9,13-14H2,2H3. The maximum Gasteiger partial charge on any atom is 0.123 e. The Bertz CT molecular complexity index is 407. The van der Waals surface area contributed by atoms with Gasteiger partial charge in [-0.05, 0) is 50.3 Å². The minimum atomic E-state index is -0.0410. The van der Waals surface area contributed by atoms with E-state index in [0.29, 0.717) is 6.61 Å². The molecule has 1 unspecified atom stereocenters. The van der Waals surface area contributed by atoms with Gasteiger partial charge in [0, 0.05) is 0 Å². The highest BCUT2D eigenvalue weighted by Gasteiger charge is 2.40. The number of hydrogen-bond donors (Lipinski definition) is 0. The quantitative estimate of drug-likeness (QED) is 0.378. The average Bonchev–Trinajstić information content (AvgIpc) is 3.15. The van der Waals surface area contributed by atoms with Crippen LogP contribution in [0, 0.1) is 0 Å². The van der Waals surface area contributed by atoms with Gasteiger partial charge in [-0.2, -0.15) is 0 Å². The van der Waals surface area contributed by atoms with E-state index in [1.807, 2.05) is 12.1 Å². The van der Waals surface area contributed by atoms with Crippen LogP contribution in [0.2, 0.25) is 0 Å². The number of epoxide rings is 1. The highest BCUT2D eigenvalue weighted by molar-refractivity contribution is 5.28. The summed E-state index contributed by atoms with van der Waals surface area (Å²) in [6, 6.07) is 8.42. The van der Waals surface area contributed by atoms with Crippen LogP contribution in [0.1, 0.15) is 38.2 Å². The molecule has 0 aromatic heterocycles. The number of ether oxygens (including phenoxy) is 2. The molecule has 0 saturated carbocycles. The van der Waals surface area contributed by atoms with Gasteiger partial charge in [-0.25, -0.2) is 0 Å². The monoisotopic (exact) mass is 260 g/mol. The maximum atomic E-state index is 5.78. The highest BCUT2D eigenvalue weighted by atomic mass is 16.6. The second-order valence-electron chi connectivity index (χ2n) is 5.56. The Hall–Kier alpha value is -1.28. The molecule has 1 aliphatic heterocycles. The second-order valence-corrected chi connectivity index (χ2v) is 5.56. The van der Waals surface area contributed by atoms with Crippen molar-refractivity contribution in [2.24, 2.45) is 0 Å². The van der Waals surface area contributed by atoms with E-state index in [0.717, 1.165) is 25.2 Å². The molecule has 0 radical (unpaired) electrons. The Morgan fingerprint density at radius 1 is 1.37 bits per heavy atom. The van der Waals surface area contributed by atoms with E-state index < -0.39 is 0 Å². The minimum absolute atomic E-state index is 0.0410. The van der Waals surface area contributed by atoms with Crippen molar-refractivity contribution < 1.29 is 9.47 Å². The van der Waals surface area contributed by atoms with Crippen molar-refractivity contribution in [3.63, 3.8) is 0 Å². The molecular weight excluding hydrogens is 236 g/mol. The molecule has 1 aromatic carbocycles. The predicted octanol–water partition coefficient (Wildman–Crippen LogP) is 4.14. The largest absolute Gasteiger partial charge is 0.490 e. The van der Waals surface area contributed by atoms with Gasteiger partial charge in [0.15, 0.2) is 0 Å². The van der Waals surface area contributed by atoms with Gasteiger partial charge < -0.3 is 9.47 Å². The van der Waals surface area contributed by atoms with Gasteiger partial charge in [-0.15, -0.1) is 6.58 Å². The summed E-state index contributed by atoms with van der Waals surface area (Å²) >= 11 is 0. The van der Waals surface area contributed by atoms with Crippen molar-refractivity contribution >= 4 is 0 Å². The van der Waals surface area contributed by atoms with Crippen molar-refractivity contribution in [1.29, 1.82) is 0 Å². The molecular formula is C17H24O2. The fraction of sp³-hybridized carbons (Fsp3) is 0.529. The van der Waals surface area contributed by atoms with E-state index in [1.54, 1.807) is 0 Å². The molecule has 1 aromatic rings. The van der Waals surface area contributed by atoms with E-state index >= 15 is 0 Å². The normalized spacial score (nSPS) is 21.1. The van der Waals surface area contributed by atoms with Gasteiger partial charge in [-0.3, -0.25) is 0 Å². The van der Waals surface area contributed by atoms with Crippen molar-refractivity contribution in [3.05, 3.63) is 42.5 Å². The average molecular weight is 260 g/mol. The summed E-state index contributed by atoms with van der Waals surface area (Å²) < 4.78 is 11.1. The maximum absolute atomic E-state index is 5.78. The van der Waals surface area contributed by atoms with Crippen LogP contribution in [-0.4, -0.2) is 18.8 Å². The topological polar surface area (TPSA) is 21.8 Å². The second kappa shape index (κ2) is 6.76. The van der Waals surface area contributed by atoms with E-state index in [1.165, 1.54) is 24.8 Å². The number of unbranched alkanes of at least 4 members (excludes halogenated alkanes) is 3. The SMILES string of the molecule is C=CCCCCCc1cccc(OCC2(C)CO2)c1. The first-order chi connectivity index (χ1) is 9.22. The molecule has 0 bridgehead atoms. The Morgan fingerprint density at radius 2 is 2.21 bits per heavy atom. The zero-order valence-corrected chi connectivity index (χ0v) is 11.9. The molecule has 19 heavy (non-hydrogen) atoms. The van der Waals surface area contributed by atoms with Gasteiger partial charge in [0.2, 0.25) is 0 Å². The fourth-order valence-electron chi connectivity index (χ4n) is 2.03. The third kappa shape index (κ3) is 5.07. The van der Waals surface area contributed by atoms with E-state index in [4.69, 9.17) is 9.47 Å². The summed E-state index contributed by atoms with van der Waals surface area (Å²) in [7, 11) is 0. The molecule has 2 rings (SSSR count). The Balaban J connectivity index is 1.73. The van der Waals surface area contributed by atoms with Crippen molar-refractivity contribution in [2.75, 3.05) is 13.2 Å². The number of aryl methyl sites for hydroxylation is 1. The first kappa shape index (κ1) is 14.1. The van der Waals surface area contributed by atoms with Crippen LogP contribution < -0.4 is 4.74 Å². The van der Waals surface area contributed by atoms with Crippen molar-refractivity contribution in [2.45, 2.75) is 44.6 Å². The molecule has 1 atom stereocenters. The van der Waals surface area contributed by atoms with Crippen molar-refractivity contribution in [3.8, 4) is 5.75 Å². The van der Waals surface area contributed by atoms with Gasteiger partial charge >= 0.3 is 0 Å². The van der Waals surface area contributed by atoms with Crippen LogP contribution in [0.3, 0.4) is 0 Å². The summed E-state index contributed by atoms with van der Waals surface area (Å²) in [6.07, 6.45) is 8.00. The molecule has 0 aliphatic carbocycles. The molecule has 104 valence electrons. The third-order valence-electron chi connectivity index (χ3n) is 3.45. The Labute approximate surface area is 116 Å². The van der Waals surface area contributed by atoms with Crippen LogP contribution in [0.15, 0.2) is 36.9 Å². The molecule has 1 fully saturated rings. The van der Waals surface area contributed by atoms with E-state index in [-0.39, 0.29) is 5.60 Å². The Kier molecular flexibility index (Phi) is 5.03. The fourth-order valence-corrected chi connectivity index (χ4v) is 2.03. The van der Waals surface area contributed by atoms with Crippen LogP contribution in [-0.2, 0) is 11.2 Å². The van der Waals surface area contributed by atoms with Gasteiger partial charge in [-0.1, -0.05) is 24.6 Å². The number of benzene rings is 1. The minimum Gasteiger partial charge on any atom is -0.490 e. The van der Waals surface area contributed by atoms with Crippen LogP contribution in [0.25, 0.3) is 0 Å². The van der Waals surface area contributed by atoms with E-state index in [2.05, 4.69) is 31.7 Å². The van der Waals surface area contributed by atoms with Crippen molar-refractivity contribution in [1.82, 2.24) is 0 Å². The van der Waals surface area contributed by atoms with Gasteiger partial charge in [0.05, 0.1) is 6.61 Å². The third-order valence-corrected chi connectivity index (χ3v) is 3.45. The molecule has 2 heteroatoms. The molecule has 1 heterocycles. The van der Waals surface area contributed by atoms with E-state index in [9.17, 15) is 0 Å². The first-order valence-corrected chi connectivity index (χ1v) is 7.18.